The summed E-state index contributed by atoms with van der Waals surface area (Å²) in [4.78, 5) is 14.4. The molecular weight excluding hydrogens is 338 g/mol. The summed E-state index contributed by atoms with van der Waals surface area (Å²) in [7, 11) is 4.71. The number of carbonyl (C=O) groups excluding carboxylic acids is 1. The lowest BCUT2D eigenvalue weighted by molar-refractivity contribution is 0.0955. The van der Waals surface area contributed by atoms with Crippen molar-refractivity contribution in [3.05, 3.63) is 39.1 Å². The normalized spacial score (nSPS) is 10.4. The lowest BCUT2D eigenvalue weighted by Crippen LogP contribution is -2.21. The molecule has 0 aliphatic heterocycles. The first-order valence-corrected chi connectivity index (χ1v) is 9.02. The van der Waals surface area contributed by atoms with Gasteiger partial charge in [0.25, 0.3) is 5.91 Å². The number of benzene rings is 1. The third-order valence-electron chi connectivity index (χ3n) is 3.94. The number of hydrogen-bond donors (Lipinski definition) is 1. The van der Waals surface area contributed by atoms with E-state index in [0.29, 0.717) is 23.8 Å². The summed E-state index contributed by atoms with van der Waals surface area (Å²) in [5.41, 5.74) is 2.13. The van der Waals surface area contributed by atoms with Crippen molar-refractivity contribution in [1.82, 2.24) is 5.32 Å². The van der Waals surface area contributed by atoms with Gasteiger partial charge in [0, 0.05) is 11.4 Å². The van der Waals surface area contributed by atoms with Gasteiger partial charge in [0.05, 0.1) is 26.2 Å². The van der Waals surface area contributed by atoms with E-state index in [1.165, 1.54) is 21.8 Å². The maximum atomic E-state index is 12.4. The molecular formula is C19H25NO4S. The van der Waals surface area contributed by atoms with Gasteiger partial charge in [0.15, 0.2) is 11.5 Å². The van der Waals surface area contributed by atoms with Crippen molar-refractivity contribution in [3.63, 3.8) is 0 Å². The van der Waals surface area contributed by atoms with Crippen molar-refractivity contribution in [2.75, 3.05) is 21.3 Å². The molecule has 136 valence electrons. The van der Waals surface area contributed by atoms with Gasteiger partial charge in [-0.25, -0.2) is 0 Å². The van der Waals surface area contributed by atoms with Gasteiger partial charge in [-0.3, -0.25) is 4.79 Å². The Morgan fingerprint density at radius 2 is 1.72 bits per heavy atom. The van der Waals surface area contributed by atoms with Crippen LogP contribution in [-0.2, 0) is 13.0 Å². The predicted octanol–water partition coefficient (Wildman–Crippen LogP) is 3.96. The first kappa shape index (κ1) is 19.1. The summed E-state index contributed by atoms with van der Waals surface area (Å²) in [6, 6.07) is 5.67. The number of methoxy groups -OCH3 is 3. The van der Waals surface area contributed by atoms with E-state index in [1.807, 2.05) is 18.2 Å². The molecule has 25 heavy (non-hydrogen) atoms. The van der Waals surface area contributed by atoms with Crippen LogP contribution in [0.15, 0.2) is 18.2 Å². The maximum absolute atomic E-state index is 12.4. The molecule has 0 spiro atoms. The van der Waals surface area contributed by atoms with Gasteiger partial charge >= 0.3 is 0 Å². The third-order valence-corrected chi connectivity index (χ3v) is 5.03. The van der Waals surface area contributed by atoms with Crippen LogP contribution < -0.4 is 19.5 Å². The largest absolute Gasteiger partial charge is 0.493 e. The van der Waals surface area contributed by atoms with Crippen molar-refractivity contribution in [2.45, 2.75) is 33.2 Å². The number of carbonyl (C=O) groups is 1. The van der Waals surface area contributed by atoms with Crippen LogP contribution in [-0.4, -0.2) is 27.2 Å². The quantitative estimate of drug-likeness (QED) is 0.771. The number of amides is 1. The Morgan fingerprint density at radius 3 is 2.24 bits per heavy atom. The molecule has 2 rings (SSSR count). The Balaban J connectivity index is 2.12. The van der Waals surface area contributed by atoms with Crippen LogP contribution in [0.3, 0.4) is 0 Å². The molecule has 0 saturated heterocycles. The molecule has 1 heterocycles. The maximum Gasteiger partial charge on any atom is 0.261 e. The first-order chi connectivity index (χ1) is 12.0. The second-order valence-electron chi connectivity index (χ2n) is 5.66. The summed E-state index contributed by atoms with van der Waals surface area (Å²) in [5.74, 6) is 1.62. The Labute approximate surface area is 152 Å². The van der Waals surface area contributed by atoms with Gasteiger partial charge < -0.3 is 19.5 Å². The van der Waals surface area contributed by atoms with Crippen LogP contribution in [0.5, 0.6) is 17.2 Å². The van der Waals surface area contributed by atoms with E-state index in [-0.39, 0.29) is 5.91 Å². The zero-order valence-electron chi connectivity index (χ0n) is 15.4. The van der Waals surface area contributed by atoms with Crippen molar-refractivity contribution in [2.24, 2.45) is 0 Å². The molecule has 0 aliphatic rings. The zero-order chi connectivity index (χ0) is 18.4. The van der Waals surface area contributed by atoms with Gasteiger partial charge in [-0.15, -0.1) is 11.3 Å². The molecule has 0 saturated carbocycles. The highest BCUT2D eigenvalue weighted by molar-refractivity contribution is 7.14. The highest BCUT2D eigenvalue weighted by Crippen LogP contribution is 2.38. The zero-order valence-corrected chi connectivity index (χ0v) is 16.2. The molecule has 2 aromatic rings. The Morgan fingerprint density at radius 1 is 1.08 bits per heavy atom. The minimum Gasteiger partial charge on any atom is -0.493 e. The van der Waals surface area contributed by atoms with E-state index in [4.69, 9.17) is 14.2 Å². The van der Waals surface area contributed by atoms with Crippen LogP contribution in [0.25, 0.3) is 0 Å². The minimum atomic E-state index is -0.0656. The molecule has 0 aliphatic carbocycles. The van der Waals surface area contributed by atoms with Gasteiger partial charge in [0.2, 0.25) is 5.75 Å². The number of ether oxygens (including phenoxy) is 3. The number of hydrogen-bond acceptors (Lipinski definition) is 5. The predicted molar refractivity (Wildman–Crippen MR) is 100 cm³/mol. The summed E-state index contributed by atoms with van der Waals surface area (Å²) in [5, 5.41) is 2.96. The minimum absolute atomic E-state index is 0.0656. The lowest BCUT2D eigenvalue weighted by Gasteiger charge is -2.14. The fourth-order valence-corrected chi connectivity index (χ4v) is 3.64. The smallest absolute Gasteiger partial charge is 0.261 e. The summed E-state index contributed by atoms with van der Waals surface area (Å²) < 4.78 is 16.0. The van der Waals surface area contributed by atoms with Crippen molar-refractivity contribution in [1.29, 1.82) is 0 Å². The third kappa shape index (κ3) is 4.45. The van der Waals surface area contributed by atoms with E-state index in [9.17, 15) is 4.79 Å². The van der Waals surface area contributed by atoms with Crippen molar-refractivity contribution >= 4 is 17.2 Å². The average Bonchev–Trinajstić information content (AvgIpc) is 2.99. The summed E-state index contributed by atoms with van der Waals surface area (Å²) in [6.45, 7) is 4.59. The number of aryl methyl sites for hydroxylation is 2. The van der Waals surface area contributed by atoms with Gasteiger partial charge in [-0.1, -0.05) is 13.3 Å². The average molecular weight is 363 g/mol. The molecule has 0 unspecified atom stereocenters. The second-order valence-corrected chi connectivity index (χ2v) is 6.91. The lowest BCUT2D eigenvalue weighted by atomic mass is 10.1. The second kappa shape index (κ2) is 8.76. The summed E-state index contributed by atoms with van der Waals surface area (Å²) >= 11 is 1.54. The highest BCUT2D eigenvalue weighted by Gasteiger charge is 2.15. The Hall–Kier alpha value is -2.21. The number of nitrogens with one attached hydrogen (secondary N) is 1. The van der Waals surface area contributed by atoms with Gasteiger partial charge in [0.1, 0.15) is 0 Å². The Kier molecular flexibility index (Phi) is 6.70. The molecule has 0 atom stereocenters. The molecule has 1 N–H and O–H groups in total. The van der Waals surface area contributed by atoms with Crippen LogP contribution in [0.4, 0.5) is 0 Å². The van der Waals surface area contributed by atoms with Crippen LogP contribution in [0.2, 0.25) is 0 Å². The van der Waals surface area contributed by atoms with E-state index >= 15 is 0 Å². The number of thiophene rings is 1. The standard InChI is InChI=1S/C19H25NO4S/c1-6-7-14-10-17(25-12(14)2)19(21)20-11-13-8-15(22-3)18(24-5)16(9-13)23-4/h8-10H,6-7,11H2,1-5H3,(H,20,21). The molecule has 5 nitrogen and oxygen atoms in total. The topological polar surface area (TPSA) is 56.8 Å². The number of rotatable bonds is 8. The molecule has 1 amide bonds. The van der Waals surface area contributed by atoms with E-state index < -0.39 is 0 Å². The molecule has 0 bridgehead atoms. The van der Waals surface area contributed by atoms with E-state index in [0.717, 1.165) is 23.3 Å². The monoisotopic (exact) mass is 363 g/mol. The van der Waals surface area contributed by atoms with Gasteiger partial charge in [-0.2, -0.15) is 0 Å². The van der Waals surface area contributed by atoms with Crippen LogP contribution in [0, 0.1) is 6.92 Å². The SMILES string of the molecule is CCCc1cc(C(=O)NCc2cc(OC)c(OC)c(OC)c2)sc1C. The molecule has 0 radical (unpaired) electrons. The summed E-state index contributed by atoms with van der Waals surface area (Å²) in [6.07, 6.45) is 2.08. The van der Waals surface area contributed by atoms with E-state index in [1.54, 1.807) is 21.3 Å². The molecule has 1 aromatic carbocycles. The molecule has 6 heteroatoms. The Bertz CT molecular complexity index is 714. The van der Waals surface area contributed by atoms with Crippen molar-refractivity contribution in [3.8, 4) is 17.2 Å². The van der Waals surface area contributed by atoms with Crippen LogP contribution in [0.1, 0.15) is 39.0 Å². The van der Waals surface area contributed by atoms with Crippen molar-refractivity contribution < 1.29 is 19.0 Å². The highest BCUT2D eigenvalue weighted by atomic mass is 32.1. The van der Waals surface area contributed by atoms with E-state index in [2.05, 4.69) is 19.2 Å². The first-order valence-electron chi connectivity index (χ1n) is 8.20. The molecule has 0 fully saturated rings. The van der Waals surface area contributed by atoms with Gasteiger partial charge in [-0.05, 0) is 42.7 Å². The molecule has 1 aromatic heterocycles. The fraction of sp³-hybridized carbons (Fsp3) is 0.421. The fourth-order valence-electron chi connectivity index (χ4n) is 2.66. The van der Waals surface area contributed by atoms with Crippen LogP contribution >= 0.6 is 11.3 Å².